The Morgan fingerprint density at radius 1 is 1.26 bits per heavy atom. The van der Waals surface area contributed by atoms with Crippen LogP contribution in [0.4, 0.5) is 0 Å². The molecule has 0 aliphatic carbocycles. The minimum absolute atomic E-state index is 0.0290. The summed E-state index contributed by atoms with van der Waals surface area (Å²) < 4.78 is 5.33. The number of rotatable bonds is 5. The third kappa shape index (κ3) is 3.93. The number of piperidine rings is 1. The molecule has 0 radical (unpaired) electrons. The quantitative estimate of drug-likeness (QED) is 0.906. The Hall–Kier alpha value is -1.39. The van der Waals surface area contributed by atoms with E-state index in [1.54, 1.807) is 0 Å². The molecule has 0 bridgehead atoms. The van der Waals surface area contributed by atoms with E-state index in [4.69, 9.17) is 4.74 Å². The predicted molar refractivity (Wildman–Crippen MR) is 89.0 cm³/mol. The maximum atomic E-state index is 12.5. The van der Waals surface area contributed by atoms with Gasteiger partial charge < -0.3 is 14.7 Å². The number of hydrogen-bond donors (Lipinski definition) is 1. The number of nitrogens with zero attached hydrogens (tertiary/aromatic N) is 1. The smallest absolute Gasteiger partial charge is 0.228 e. The first-order chi connectivity index (χ1) is 11.2. The Morgan fingerprint density at radius 3 is 2.61 bits per heavy atom. The molecule has 23 heavy (non-hydrogen) atoms. The molecule has 1 amide bonds. The van der Waals surface area contributed by atoms with Gasteiger partial charge in [0, 0.05) is 26.3 Å². The Kier molecular flexibility index (Phi) is 5.34. The first kappa shape index (κ1) is 16.5. The van der Waals surface area contributed by atoms with Crippen molar-refractivity contribution >= 4 is 5.91 Å². The lowest BCUT2D eigenvalue weighted by atomic mass is 9.74. The number of aliphatic hydroxyl groups is 1. The zero-order valence-corrected chi connectivity index (χ0v) is 13.7. The van der Waals surface area contributed by atoms with Crippen LogP contribution in [0.25, 0.3) is 0 Å². The highest BCUT2D eigenvalue weighted by atomic mass is 16.5. The molecule has 3 rings (SSSR count). The van der Waals surface area contributed by atoms with Crippen LogP contribution in [-0.4, -0.2) is 48.8 Å². The van der Waals surface area contributed by atoms with E-state index >= 15 is 0 Å². The molecule has 4 nitrogen and oxygen atoms in total. The van der Waals surface area contributed by atoms with Gasteiger partial charge in [-0.25, -0.2) is 0 Å². The minimum atomic E-state index is -0.0290. The number of carbonyl (C=O) groups excluding carboxylic acids is 1. The summed E-state index contributed by atoms with van der Waals surface area (Å²) >= 11 is 0. The van der Waals surface area contributed by atoms with Crippen LogP contribution in [0.15, 0.2) is 30.3 Å². The van der Waals surface area contributed by atoms with Gasteiger partial charge >= 0.3 is 0 Å². The third-order valence-corrected chi connectivity index (χ3v) is 5.54. The van der Waals surface area contributed by atoms with E-state index in [9.17, 15) is 9.90 Å². The maximum absolute atomic E-state index is 12.5. The molecule has 0 aromatic heterocycles. The highest BCUT2D eigenvalue weighted by Crippen LogP contribution is 2.36. The standard InChI is InChI=1S/C19H27NO3/c21-15-19(8-6-16-4-2-1-3-5-16)9-11-20(12-10-19)18(22)17-7-13-23-14-17/h1-5,17,21H,6-15H2. The lowest BCUT2D eigenvalue weighted by molar-refractivity contribution is -0.138. The van der Waals surface area contributed by atoms with Gasteiger partial charge in [0.05, 0.1) is 12.5 Å². The number of carbonyl (C=O) groups is 1. The Labute approximate surface area is 138 Å². The van der Waals surface area contributed by atoms with Gasteiger partial charge in [-0.2, -0.15) is 0 Å². The van der Waals surface area contributed by atoms with Crippen molar-refractivity contribution in [2.75, 3.05) is 32.9 Å². The topological polar surface area (TPSA) is 49.8 Å². The first-order valence-electron chi connectivity index (χ1n) is 8.74. The first-order valence-corrected chi connectivity index (χ1v) is 8.74. The van der Waals surface area contributed by atoms with E-state index < -0.39 is 0 Å². The zero-order valence-electron chi connectivity index (χ0n) is 13.7. The van der Waals surface area contributed by atoms with Crippen molar-refractivity contribution < 1.29 is 14.6 Å². The fraction of sp³-hybridized carbons (Fsp3) is 0.632. The third-order valence-electron chi connectivity index (χ3n) is 5.54. The van der Waals surface area contributed by atoms with Gasteiger partial charge in [0.15, 0.2) is 0 Å². The van der Waals surface area contributed by atoms with E-state index in [1.165, 1.54) is 5.56 Å². The SMILES string of the molecule is O=C(C1CCOC1)N1CCC(CO)(CCc2ccccc2)CC1. The normalized spacial score (nSPS) is 23.9. The number of benzene rings is 1. The number of ether oxygens (including phenoxy) is 1. The maximum Gasteiger partial charge on any atom is 0.228 e. The summed E-state index contributed by atoms with van der Waals surface area (Å²) in [5, 5.41) is 9.93. The van der Waals surface area contributed by atoms with E-state index in [1.807, 2.05) is 11.0 Å². The van der Waals surface area contributed by atoms with Crippen molar-refractivity contribution in [1.29, 1.82) is 0 Å². The zero-order chi connectivity index (χ0) is 16.1. The second-order valence-corrected chi connectivity index (χ2v) is 7.03. The van der Waals surface area contributed by atoms with Crippen molar-refractivity contribution in [3.63, 3.8) is 0 Å². The van der Waals surface area contributed by atoms with Crippen LogP contribution in [0.2, 0.25) is 0 Å². The second-order valence-electron chi connectivity index (χ2n) is 7.03. The van der Waals surface area contributed by atoms with Crippen LogP contribution in [0.5, 0.6) is 0 Å². The monoisotopic (exact) mass is 317 g/mol. The molecule has 2 fully saturated rings. The molecule has 126 valence electrons. The molecule has 2 heterocycles. The Morgan fingerprint density at radius 2 is 2.00 bits per heavy atom. The van der Waals surface area contributed by atoms with Gasteiger partial charge in [0.25, 0.3) is 0 Å². The second kappa shape index (κ2) is 7.45. The van der Waals surface area contributed by atoms with Gasteiger partial charge in [0.2, 0.25) is 5.91 Å². The summed E-state index contributed by atoms with van der Waals surface area (Å²) in [6.07, 6.45) is 4.63. The van der Waals surface area contributed by atoms with Crippen molar-refractivity contribution in [2.45, 2.75) is 32.1 Å². The van der Waals surface area contributed by atoms with E-state index in [2.05, 4.69) is 24.3 Å². The molecule has 2 saturated heterocycles. The van der Waals surface area contributed by atoms with Crippen LogP contribution in [0.1, 0.15) is 31.2 Å². The lowest BCUT2D eigenvalue weighted by Crippen LogP contribution is -2.47. The largest absolute Gasteiger partial charge is 0.396 e. The summed E-state index contributed by atoms with van der Waals surface area (Å²) in [7, 11) is 0. The lowest BCUT2D eigenvalue weighted by Gasteiger charge is -2.41. The van der Waals surface area contributed by atoms with Gasteiger partial charge in [-0.15, -0.1) is 0 Å². The van der Waals surface area contributed by atoms with Crippen LogP contribution in [0.3, 0.4) is 0 Å². The molecule has 4 heteroatoms. The molecular weight excluding hydrogens is 290 g/mol. The van der Waals surface area contributed by atoms with Crippen LogP contribution in [-0.2, 0) is 16.0 Å². The van der Waals surface area contributed by atoms with Crippen LogP contribution < -0.4 is 0 Å². The van der Waals surface area contributed by atoms with Crippen LogP contribution >= 0.6 is 0 Å². The molecule has 2 aliphatic heterocycles. The molecule has 0 spiro atoms. The van der Waals surface area contributed by atoms with E-state index in [0.717, 1.165) is 45.2 Å². The molecule has 1 aromatic rings. The van der Waals surface area contributed by atoms with Crippen molar-refractivity contribution in [1.82, 2.24) is 4.90 Å². The number of aliphatic hydroxyl groups excluding tert-OH is 1. The molecule has 0 saturated carbocycles. The summed E-state index contributed by atoms with van der Waals surface area (Å²) in [6, 6.07) is 10.4. The fourth-order valence-corrected chi connectivity index (χ4v) is 3.73. The number of aryl methyl sites for hydroxylation is 1. The van der Waals surface area contributed by atoms with Gasteiger partial charge in [-0.3, -0.25) is 4.79 Å². The molecule has 1 N–H and O–H groups in total. The van der Waals surface area contributed by atoms with Crippen molar-refractivity contribution in [3.8, 4) is 0 Å². The van der Waals surface area contributed by atoms with E-state index in [-0.39, 0.29) is 23.8 Å². The minimum Gasteiger partial charge on any atom is -0.396 e. The fourth-order valence-electron chi connectivity index (χ4n) is 3.73. The van der Waals surface area contributed by atoms with Gasteiger partial charge in [-0.1, -0.05) is 30.3 Å². The average molecular weight is 317 g/mol. The van der Waals surface area contributed by atoms with E-state index in [0.29, 0.717) is 13.2 Å². The van der Waals surface area contributed by atoms with Crippen LogP contribution in [0, 0.1) is 11.3 Å². The van der Waals surface area contributed by atoms with Gasteiger partial charge in [-0.05, 0) is 43.1 Å². The average Bonchev–Trinajstić information content (AvgIpc) is 3.15. The predicted octanol–water partition coefficient (Wildman–Crippen LogP) is 2.26. The van der Waals surface area contributed by atoms with Crippen molar-refractivity contribution in [2.24, 2.45) is 11.3 Å². The van der Waals surface area contributed by atoms with Gasteiger partial charge in [0.1, 0.15) is 0 Å². The summed E-state index contributed by atoms with van der Waals surface area (Å²) in [6.45, 7) is 3.04. The highest BCUT2D eigenvalue weighted by molar-refractivity contribution is 5.79. The number of likely N-dealkylation sites (tertiary alicyclic amines) is 1. The Balaban J connectivity index is 1.53. The highest BCUT2D eigenvalue weighted by Gasteiger charge is 2.37. The summed E-state index contributed by atoms with van der Waals surface area (Å²) in [5.74, 6) is 0.304. The summed E-state index contributed by atoms with van der Waals surface area (Å²) in [5.41, 5.74) is 1.29. The number of hydrogen-bond acceptors (Lipinski definition) is 3. The Bertz CT molecular complexity index is 503. The van der Waals surface area contributed by atoms with Crippen molar-refractivity contribution in [3.05, 3.63) is 35.9 Å². The number of amides is 1. The molecule has 2 aliphatic rings. The molecule has 1 aromatic carbocycles. The molecule has 1 unspecified atom stereocenters. The molecule has 1 atom stereocenters. The molecular formula is C19H27NO3. The summed E-state index contributed by atoms with van der Waals surface area (Å²) in [4.78, 5) is 14.4.